The van der Waals surface area contributed by atoms with Crippen molar-refractivity contribution in [1.82, 2.24) is 15.0 Å². The summed E-state index contributed by atoms with van der Waals surface area (Å²) in [4.78, 5) is 28.5. The number of benzene rings is 1. The van der Waals surface area contributed by atoms with Gasteiger partial charge in [0, 0.05) is 32.2 Å². The highest BCUT2D eigenvalue weighted by atomic mass is 16.5. The van der Waals surface area contributed by atoms with Crippen LogP contribution in [0.3, 0.4) is 0 Å². The summed E-state index contributed by atoms with van der Waals surface area (Å²) in [5, 5.41) is 6.47. The molecule has 28 heavy (non-hydrogen) atoms. The van der Waals surface area contributed by atoms with Crippen LogP contribution < -0.4 is 10.1 Å². The Bertz CT molecular complexity index is 795. The van der Waals surface area contributed by atoms with Crippen molar-refractivity contribution in [2.24, 2.45) is 0 Å². The van der Waals surface area contributed by atoms with Gasteiger partial charge in [-0.1, -0.05) is 17.3 Å². The highest BCUT2D eigenvalue weighted by Crippen LogP contribution is 2.14. The molecule has 1 N–H and O–H groups in total. The summed E-state index contributed by atoms with van der Waals surface area (Å²) in [7, 11) is 0. The van der Waals surface area contributed by atoms with Gasteiger partial charge in [-0.25, -0.2) is 0 Å². The van der Waals surface area contributed by atoms with E-state index in [1.54, 1.807) is 13.0 Å². The molecular weight excluding hydrogens is 360 g/mol. The zero-order chi connectivity index (χ0) is 19.9. The molecule has 2 aromatic rings. The van der Waals surface area contributed by atoms with Gasteiger partial charge in [0.1, 0.15) is 11.5 Å². The molecule has 0 aliphatic carbocycles. The van der Waals surface area contributed by atoms with E-state index in [1.807, 2.05) is 41.0 Å². The van der Waals surface area contributed by atoms with Crippen LogP contribution in [0.15, 0.2) is 34.9 Å². The lowest BCUT2D eigenvalue weighted by Gasteiger charge is -2.34. The van der Waals surface area contributed by atoms with E-state index < -0.39 is 0 Å². The van der Waals surface area contributed by atoms with Crippen LogP contribution in [0.4, 0.5) is 5.82 Å². The number of hydrogen-bond donors (Lipinski definition) is 1. The first-order valence-corrected chi connectivity index (χ1v) is 9.48. The number of nitrogens with one attached hydrogen (secondary N) is 1. The van der Waals surface area contributed by atoms with E-state index in [4.69, 9.17) is 9.26 Å². The molecule has 8 nitrogen and oxygen atoms in total. The van der Waals surface area contributed by atoms with Crippen LogP contribution in [0.1, 0.15) is 18.2 Å². The van der Waals surface area contributed by atoms with Crippen molar-refractivity contribution in [3.8, 4) is 5.75 Å². The Balaban J connectivity index is 1.41. The Kier molecular flexibility index (Phi) is 6.65. The first kappa shape index (κ1) is 19.9. The zero-order valence-corrected chi connectivity index (χ0v) is 16.3. The second kappa shape index (κ2) is 9.36. The fourth-order valence-electron chi connectivity index (χ4n) is 3.12. The van der Waals surface area contributed by atoms with Crippen LogP contribution >= 0.6 is 0 Å². The number of piperazine rings is 1. The molecular formula is C20H26N4O4. The lowest BCUT2D eigenvalue weighted by Crippen LogP contribution is -2.50. The van der Waals surface area contributed by atoms with Crippen LogP contribution in [0.25, 0.3) is 0 Å². The van der Waals surface area contributed by atoms with Crippen molar-refractivity contribution in [3.05, 3.63) is 41.7 Å². The monoisotopic (exact) mass is 386 g/mol. The highest BCUT2D eigenvalue weighted by Gasteiger charge is 2.22. The molecule has 1 aliphatic rings. The zero-order valence-electron chi connectivity index (χ0n) is 16.3. The Morgan fingerprint density at radius 2 is 1.89 bits per heavy atom. The lowest BCUT2D eigenvalue weighted by molar-refractivity contribution is -0.132. The molecule has 8 heteroatoms. The molecule has 150 valence electrons. The second-order valence-corrected chi connectivity index (χ2v) is 6.78. The van der Waals surface area contributed by atoms with Gasteiger partial charge >= 0.3 is 0 Å². The number of carbonyl (C=O) groups is 2. The number of carbonyl (C=O) groups excluding carboxylic acids is 2. The van der Waals surface area contributed by atoms with Gasteiger partial charge in [0.05, 0.1) is 19.6 Å². The fourth-order valence-corrected chi connectivity index (χ4v) is 3.12. The summed E-state index contributed by atoms with van der Waals surface area (Å²) in [6, 6.07) is 9.30. The molecule has 1 saturated heterocycles. The van der Waals surface area contributed by atoms with Crippen molar-refractivity contribution in [1.29, 1.82) is 0 Å². The molecule has 2 amide bonds. The first-order chi connectivity index (χ1) is 13.5. The van der Waals surface area contributed by atoms with Crippen molar-refractivity contribution in [2.75, 3.05) is 44.6 Å². The van der Waals surface area contributed by atoms with Crippen molar-refractivity contribution >= 4 is 17.6 Å². The van der Waals surface area contributed by atoms with E-state index in [0.717, 1.165) is 11.3 Å². The minimum atomic E-state index is -0.137. The highest BCUT2D eigenvalue weighted by molar-refractivity contribution is 5.91. The summed E-state index contributed by atoms with van der Waals surface area (Å²) in [5.74, 6) is 1.85. The maximum absolute atomic E-state index is 12.5. The van der Waals surface area contributed by atoms with E-state index >= 15 is 0 Å². The van der Waals surface area contributed by atoms with Crippen LogP contribution in [-0.4, -0.2) is 66.1 Å². The molecule has 1 fully saturated rings. The normalized spacial score (nSPS) is 14.7. The molecule has 0 saturated carbocycles. The van der Waals surface area contributed by atoms with Gasteiger partial charge in [-0.3, -0.25) is 14.5 Å². The van der Waals surface area contributed by atoms with Crippen LogP contribution in [0.5, 0.6) is 5.75 Å². The molecule has 1 aromatic heterocycles. The molecule has 0 atom stereocenters. The van der Waals surface area contributed by atoms with E-state index in [1.165, 1.54) is 0 Å². The number of amides is 2. The van der Waals surface area contributed by atoms with Crippen molar-refractivity contribution in [2.45, 2.75) is 20.3 Å². The minimum absolute atomic E-state index is 0.103. The second-order valence-electron chi connectivity index (χ2n) is 6.78. The summed E-state index contributed by atoms with van der Waals surface area (Å²) < 4.78 is 10.4. The average molecular weight is 386 g/mol. The third kappa shape index (κ3) is 5.56. The maximum Gasteiger partial charge on any atom is 0.239 e. The van der Waals surface area contributed by atoms with Crippen LogP contribution in [0.2, 0.25) is 0 Å². The third-order valence-electron chi connectivity index (χ3n) is 4.58. The summed E-state index contributed by atoms with van der Waals surface area (Å²) in [6.07, 6.45) is 0.373. The largest absolute Gasteiger partial charge is 0.494 e. The number of nitrogens with zero attached hydrogens (tertiary/aromatic N) is 3. The van der Waals surface area contributed by atoms with Gasteiger partial charge in [-0.05, 0) is 31.5 Å². The minimum Gasteiger partial charge on any atom is -0.494 e. The average Bonchev–Trinajstić information content (AvgIpc) is 3.08. The number of hydrogen-bond acceptors (Lipinski definition) is 6. The van der Waals surface area contributed by atoms with Crippen molar-refractivity contribution in [3.63, 3.8) is 0 Å². The predicted octanol–water partition coefficient (Wildman–Crippen LogP) is 1.71. The molecule has 0 unspecified atom stereocenters. The van der Waals surface area contributed by atoms with Gasteiger partial charge in [-0.2, -0.15) is 0 Å². The van der Waals surface area contributed by atoms with Crippen LogP contribution in [-0.2, 0) is 16.0 Å². The quantitative estimate of drug-likeness (QED) is 0.779. The van der Waals surface area contributed by atoms with Gasteiger partial charge in [-0.15, -0.1) is 0 Å². The van der Waals surface area contributed by atoms with Crippen molar-refractivity contribution < 1.29 is 18.8 Å². The summed E-state index contributed by atoms with van der Waals surface area (Å²) >= 11 is 0. The number of rotatable bonds is 7. The SMILES string of the molecule is CCOc1ccc(CC(=O)N2CCN(CC(=O)Nc3cc(C)on3)CC2)cc1. The third-order valence-corrected chi connectivity index (χ3v) is 4.58. The standard InChI is InChI=1S/C20H26N4O4/c1-3-27-17-6-4-16(5-7-17)13-20(26)24-10-8-23(9-11-24)14-19(25)21-18-12-15(2)28-22-18/h4-7,12H,3,8-11,13-14H2,1-2H3,(H,21,22,25). The Hall–Kier alpha value is -2.87. The summed E-state index contributed by atoms with van der Waals surface area (Å²) in [6.45, 7) is 7.17. The number of aromatic nitrogens is 1. The van der Waals surface area contributed by atoms with Gasteiger partial charge in [0.2, 0.25) is 11.8 Å². The van der Waals surface area contributed by atoms with Crippen LogP contribution in [0, 0.1) is 6.92 Å². The topological polar surface area (TPSA) is 87.9 Å². The first-order valence-electron chi connectivity index (χ1n) is 9.48. The number of ether oxygens (including phenoxy) is 1. The predicted molar refractivity (Wildman–Crippen MR) is 104 cm³/mol. The fraction of sp³-hybridized carbons (Fsp3) is 0.450. The Morgan fingerprint density at radius 3 is 2.50 bits per heavy atom. The molecule has 1 aliphatic heterocycles. The molecule has 1 aromatic carbocycles. The maximum atomic E-state index is 12.5. The molecule has 0 spiro atoms. The van der Waals surface area contributed by atoms with Gasteiger partial charge in [0.25, 0.3) is 0 Å². The number of anilines is 1. The smallest absolute Gasteiger partial charge is 0.239 e. The van der Waals surface area contributed by atoms with E-state index in [9.17, 15) is 9.59 Å². The molecule has 3 rings (SSSR count). The van der Waals surface area contributed by atoms with E-state index in [2.05, 4.69) is 10.5 Å². The van der Waals surface area contributed by atoms with E-state index in [0.29, 0.717) is 50.8 Å². The Morgan fingerprint density at radius 1 is 1.18 bits per heavy atom. The van der Waals surface area contributed by atoms with Gasteiger partial charge < -0.3 is 19.5 Å². The number of aryl methyl sites for hydroxylation is 1. The van der Waals surface area contributed by atoms with E-state index in [-0.39, 0.29) is 18.4 Å². The summed E-state index contributed by atoms with van der Waals surface area (Å²) in [5.41, 5.74) is 0.971. The Labute approximate surface area is 164 Å². The molecule has 0 bridgehead atoms. The lowest BCUT2D eigenvalue weighted by atomic mass is 10.1. The molecule has 0 radical (unpaired) electrons. The van der Waals surface area contributed by atoms with Gasteiger partial charge in [0.15, 0.2) is 5.82 Å². The molecule has 2 heterocycles.